The van der Waals surface area contributed by atoms with Gasteiger partial charge in [-0.15, -0.1) is 0 Å². The first-order valence-electron chi connectivity index (χ1n) is 8.64. The van der Waals surface area contributed by atoms with Crippen LogP contribution in [0.1, 0.15) is 67.3 Å². The number of pyridine rings is 1. The highest BCUT2D eigenvalue weighted by molar-refractivity contribution is 5.96. The molecular weight excluding hydrogens is 274 g/mol. The van der Waals surface area contributed by atoms with E-state index in [9.17, 15) is 4.79 Å². The van der Waals surface area contributed by atoms with E-state index in [-0.39, 0.29) is 11.9 Å². The van der Waals surface area contributed by atoms with Crippen LogP contribution in [0.3, 0.4) is 0 Å². The van der Waals surface area contributed by atoms with Gasteiger partial charge in [-0.1, -0.05) is 20.8 Å². The Kier molecular flexibility index (Phi) is 4.48. The van der Waals surface area contributed by atoms with E-state index in [1.54, 1.807) is 0 Å². The molecule has 2 N–H and O–H groups in total. The van der Waals surface area contributed by atoms with E-state index >= 15 is 0 Å². The monoisotopic (exact) mass is 301 g/mol. The molecule has 0 bridgehead atoms. The lowest BCUT2D eigenvalue weighted by Crippen LogP contribution is -2.32. The molecule has 0 radical (unpaired) electrons. The van der Waals surface area contributed by atoms with Crippen molar-refractivity contribution in [3.63, 3.8) is 0 Å². The highest BCUT2D eigenvalue weighted by atomic mass is 16.1. The summed E-state index contributed by atoms with van der Waals surface area (Å²) in [4.78, 5) is 17.3. The van der Waals surface area contributed by atoms with Gasteiger partial charge >= 0.3 is 0 Å². The highest BCUT2D eigenvalue weighted by Crippen LogP contribution is 2.24. The first-order valence-corrected chi connectivity index (χ1v) is 8.64. The second-order valence-electron chi connectivity index (χ2n) is 6.98. The molecular formula is C18H27N3O. The number of aryl methyl sites for hydroxylation is 2. The smallest absolute Gasteiger partial charge is 0.253 e. The van der Waals surface area contributed by atoms with Crippen molar-refractivity contribution in [3.8, 4) is 0 Å². The molecule has 3 rings (SSSR count). The zero-order chi connectivity index (χ0) is 15.7. The molecule has 22 heavy (non-hydrogen) atoms. The molecule has 0 aromatic carbocycles. The summed E-state index contributed by atoms with van der Waals surface area (Å²) in [5, 5.41) is 6.77. The van der Waals surface area contributed by atoms with Crippen LogP contribution in [0.5, 0.6) is 0 Å². The average molecular weight is 301 g/mol. The summed E-state index contributed by atoms with van der Waals surface area (Å²) in [5.74, 6) is 0.688. The van der Waals surface area contributed by atoms with E-state index < -0.39 is 0 Å². The van der Waals surface area contributed by atoms with Crippen molar-refractivity contribution in [2.75, 3.05) is 0 Å². The molecule has 1 aromatic rings. The fourth-order valence-corrected chi connectivity index (χ4v) is 3.55. The third-order valence-corrected chi connectivity index (χ3v) is 5.13. The van der Waals surface area contributed by atoms with Crippen molar-refractivity contribution in [2.45, 2.75) is 71.5 Å². The van der Waals surface area contributed by atoms with Crippen LogP contribution in [-0.4, -0.2) is 23.0 Å². The van der Waals surface area contributed by atoms with Crippen molar-refractivity contribution < 1.29 is 4.79 Å². The first kappa shape index (κ1) is 15.5. The van der Waals surface area contributed by atoms with Gasteiger partial charge in [-0.3, -0.25) is 9.78 Å². The number of hydrogen-bond acceptors (Lipinski definition) is 3. The number of aromatic nitrogens is 1. The summed E-state index contributed by atoms with van der Waals surface area (Å²) >= 11 is 0. The van der Waals surface area contributed by atoms with Gasteiger partial charge in [-0.2, -0.15) is 0 Å². The maximum absolute atomic E-state index is 12.5. The summed E-state index contributed by atoms with van der Waals surface area (Å²) < 4.78 is 0. The second-order valence-corrected chi connectivity index (χ2v) is 6.98. The highest BCUT2D eigenvalue weighted by Gasteiger charge is 2.25. The number of fused-ring (bicyclic) bond motifs is 2. The molecule has 0 aliphatic carbocycles. The van der Waals surface area contributed by atoms with E-state index in [1.165, 1.54) is 5.56 Å². The number of nitrogens with one attached hydrogen (secondary N) is 2. The quantitative estimate of drug-likeness (QED) is 0.883. The molecule has 1 amide bonds. The Labute approximate surface area is 133 Å². The molecule has 0 saturated heterocycles. The van der Waals surface area contributed by atoms with E-state index in [0.717, 1.165) is 55.6 Å². The van der Waals surface area contributed by atoms with Crippen LogP contribution in [0, 0.1) is 5.92 Å². The fourth-order valence-electron chi connectivity index (χ4n) is 3.55. The van der Waals surface area contributed by atoms with E-state index in [2.05, 4.69) is 37.5 Å². The van der Waals surface area contributed by atoms with Crippen LogP contribution in [-0.2, 0) is 19.4 Å². The maximum Gasteiger partial charge on any atom is 0.253 e. The van der Waals surface area contributed by atoms with Crippen molar-refractivity contribution in [1.82, 2.24) is 15.6 Å². The Morgan fingerprint density at radius 3 is 2.82 bits per heavy atom. The van der Waals surface area contributed by atoms with Gasteiger partial charge in [0.1, 0.15) is 0 Å². The molecule has 0 spiro atoms. The van der Waals surface area contributed by atoms with Crippen molar-refractivity contribution in [1.29, 1.82) is 0 Å². The van der Waals surface area contributed by atoms with Gasteiger partial charge in [0.05, 0.1) is 17.0 Å². The minimum absolute atomic E-state index is 0.0623. The van der Waals surface area contributed by atoms with Crippen LogP contribution in [0.4, 0.5) is 0 Å². The Bertz CT molecular complexity index is 568. The number of rotatable bonds is 2. The van der Waals surface area contributed by atoms with Gasteiger partial charge < -0.3 is 10.6 Å². The minimum atomic E-state index is 0.0623. The summed E-state index contributed by atoms with van der Waals surface area (Å²) in [6, 6.07) is 2.92. The molecule has 3 heterocycles. The lowest BCUT2D eigenvalue weighted by atomic mass is 9.97. The Hall–Kier alpha value is -1.42. The maximum atomic E-state index is 12.5. The van der Waals surface area contributed by atoms with Gasteiger partial charge in [0, 0.05) is 18.6 Å². The number of hydrogen-bond donors (Lipinski definition) is 2. The van der Waals surface area contributed by atoms with Gasteiger partial charge in [-0.25, -0.2) is 0 Å². The van der Waals surface area contributed by atoms with Gasteiger partial charge in [0.2, 0.25) is 0 Å². The average Bonchev–Trinajstić information content (AvgIpc) is 2.80. The zero-order valence-corrected chi connectivity index (χ0v) is 13.9. The molecule has 4 heteroatoms. The van der Waals surface area contributed by atoms with Crippen LogP contribution in [0.2, 0.25) is 0 Å². The SMILES string of the molecule is CCC1CCc2nc3c(cc2C(=O)N1)CCC(C(C)C)NC3. The zero-order valence-electron chi connectivity index (χ0n) is 13.9. The molecule has 2 aliphatic heterocycles. The summed E-state index contributed by atoms with van der Waals surface area (Å²) in [5.41, 5.74) is 4.18. The number of nitrogens with zero attached hydrogens (tertiary/aromatic N) is 1. The second kappa shape index (κ2) is 6.37. The molecule has 4 nitrogen and oxygen atoms in total. The van der Waals surface area contributed by atoms with Crippen LogP contribution in [0.25, 0.3) is 0 Å². The predicted octanol–water partition coefficient (Wildman–Crippen LogP) is 2.60. The number of amides is 1. The van der Waals surface area contributed by atoms with E-state index in [0.29, 0.717) is 12.0 Å². The standard InChI is InChI=1S/C18H27N3O/c1-4-13-6-8-16-14(18(22)20-13)9-12-5-7-15(11(2)3)19-10-17(12)21-16/h9,11,13,15,19H,4-8,10H2,1-3H3,(H,20,22). The van der Waals surface area contributed by atoms with Crippen LogP contribution < -0.4 is 10.6 Å². The van der Waals surface area contributed by atoms with Gasteiger partial charge in [0.15, 0.2) is 0 Å². The molecule has 1 aromatic heterocycles. The largest absolute Gasteiger partial charge is 0.349 e. The molecule has 2 atom stereocenters. The third kappa shape index (κ3) is 3.02. The summed E-state index contributed by atoms with van der Waals surface area (Å²) in [7, 11) is 0. The van der Waals surface area contributed by atoms with E-state index in [4.69, 9.17) is 4.98 Å². The molecule has 2 aliphatic rings. The normalized spacial score (nSPS) is 25.0. The Balaban J connectivity index is 1.89. The lowest BCUT2D eigenvalue weighted by Gasteiger charge is -2.19. The van der Waals surface area contributed by atoms with Crippen molar-refractivity contribution in [3.05, 3.63) is 28.6 Å². The first-order chi connectivity index (χ1) is 10.6. The van der Waals surface area contributed by atoms with Crippen molar-refractivity contribution in [2.24, 2.45) is 5.92 Å². The fraction of sp³-hybridized carbons (Fsp3) is 0.667. The van der Waals surface area contributed by atoms with Crippen LogP contribution >= 0.6 is 0 Å². The minimum Gasteiger partial charge on any atom is -0.349 e. The number of carbonyl (C=O) groups excluding carboxylic acids is 1. The Morgan fingerprint density at radius 1 is 1.27 bits per heavy atom. The topological polar surface area (TPSA) is 54.0 Å². The molecule has 2 unspecified atom stereocenters. The van der Waals surface area contributed by atoms with E-state index in [1.807, 2.05) is 0 Å². The Morgan fingerprint density at radius 2 is 2.09 bits per heavy atom. The third-order valence-electron chi connectivity index (χ3n) is 5.13. The summed E-state index contributed by atoms with van der Waals surface area (Å²) in [6.07, 6.45) is 4.99. The molecule has 0 fully saturated rings. The van der Waals surface area contributed by atoms with Gasteiger partial charge in [-0.05, 0) is 49.7 Å². The summed E-state index contributed by atoms with van der Waals surface area (Å²) in [6.45, 7) is 7.47. The molecule has 120 valence electrons. The number of carbonyl (C=O) groups is 1. The van der Waals surface area contributed by atoms with Gasteiger partial charge in [0.25, 0.3) is 5.91 Å². The van der Waals surface area contributed by atoms with Crippen molar-refractivity contribution >= 4 is 5.91 Å². The van der Waals surface area contributed by atoms with Crippen LogP contribution in [0.15, 0.2) is 6.07 Å². The lowest BCUT2D eigenvalue weighted by molar-refractivity contribution is 0.0938. The molecule has 0 saturated carbocycles. The predicted molar refractivity (Wildman–Crippen MR) is 87.9 cm³/mol.